The van der Waals surface area contributed by atoms with E-state index in [1.807, 2.05) is 0 Å². The number of phenolic OH excluding ortho intramolecular Hbond substituents is 1. The molecule has 0 fully saturated rings. The number of aryl methyl sites for hydroxylation is 1. The van der Waals surface area contributed by atoms with Crippen LogP contribution in [-0.4, -0.2) is 55.6 Å². The van der Waals surface area contributed by atoms with Crippen LogP contribution in [0.3, 0.4) is 0 Å². The first-order valence-corrected chi connectivity index (χ1v) is 13.1. The summed E-state index contributed by atoms with van der Waals surface area (Å²) in [6.45, 7) is 7.12. The molecule has 1 aliphatic heterocycles. The average molecular weight is 508 g/mol. The van der Waals surface area contributed by atoms with Crippen molar-refractivity contribution in [3.63, 3.8) is 0 Å². The van der Waals surface area contributed by atoms with Crippen molar-refractivity contribution in [2.75, 3.05) is 30.2 Å². The predicted octanol–water partition coefficient (Wildman–Crippen LogP) is 3.68. The summed E-state index contributed by atoms with van der Waals surface area (Å²) < 4.78 is 52.6. The number of nitrogens with one attached hydrogen (secondary N) is 2. The first kappa shape index (κ1) is 26.3. The van der Waals surface area contributed by atoms with Gasteiger partial charge in [-0.15, -0.1) is 0 Å². The molecule has 0 aromatic heterocycles. The molecule has 0 spiro atoms. The van der Waals surface area contributed by atoms with E-state index in [2.05, 4.69) is 4.72 Å². The second-order valence-electron chi connectivity index (χ2n) is 7.94. The molecule has 0 amide bonds. The van der Waals surface area contributed by atoms with Crippen LogP contribution in [0.25, 0.3) is 0 Å². The molecule has 2 aromatic carbocycles. The van der Waals surface area contributed by atoms with Crippen LogP contribution < -0.4 is 14.2 Å². The zero-order chi connectivity index (χ0) is 25.9. The number of hydrogen-bond acceptors (Lipinski definition) is 7. The summed E-state index contributed by atoms with van der Waals surface area (Å²) in [4.78, 5) is 14.6. The van der Waals surface area contributed by atoms with Gasteiger partial charge in [-0.25, -0.2) is 12.8 Å². The van der Waals surface area contributed by atoms with Gasteiger partial charge >= 0.3 is 0 Å². The van der Waals surface area contributed by atoms with Crippen molar-refractivity contribution < 1.29 is 32.2 Å². The van der Waals surface area contributed by atoms with Crippen molar-refractivity contribution in [3.05, 3.63) is 46.3 Å². The van der Waals surface area contributed by atoms with Gasteiger partial charge in [0.05, 0.1) is 36.8 Å². The van der Waals surface area contributed by atoms with Crippen LogP contribution in [0.15, 0.2) is 18.2 Å². The number of carbonyl (C=O) groups is 1. The van der Waals surface area contributed by atoms with Gasteiger partial charge in [0.1, 0.15) is 11.6 Å². The molecular weight excluding hydrogens is 477 g/mol. The summed E-state index contributed by atoms with van der Waals surface area (Å²) in [5.74, 6) is -1.54. The van der Waals surface area contributed by atoms with Gasteiger partial charge in [0.2, 0.25) is 10.0 Å². The standard InChI is InChI=1S/C24H30FN3O6S/c1-5-14-9-15(10-17(22(14)30)27-35(31,32)8-4)18(29)13-28-12-16-11-19(33-6-2)23(34-7-3)21(25)20(16)24(28)26/h9-11,26-27,30H,5-8,12-13H2,1-4H3. The summed E-state index contributed by atoms with van der Waals surface area (Å²) in [5, 5.41) is 18.9. The monoisotopic (exact) mass is 507 g/mol. The highest BCUT2D eigenvalue weighted by Gasteiger charge is 2.33. The number of ketones is 1. The number of rotatable bonds is 11. The summed E-state index contributed by atoms with van der Waals surface area (Å²) in [7, 11) is -3.68. The molecule has 0 radical (unpaired) electrons. The predicted molar refractivity (Wildman–Crippen MR) is 131 cm³/mol. The molecule has 2 aromatic rings. The van der Waals surface area contributed by atoms with E-state index in [0.717, 1.165) is 0 Å². The Bertz CT molecular complexity index is 1260. The molecule has 0 saturated carbocycles. The molecule has 0 atom stereocenters. The lowest BCUT2D eigenvalue weighted by Gasteiger charge is -2.18. The number of Topliss-reactive ketones (excluding diaryl/α,β-unsaturated/α-hetero) is 1. The van der Waals surface area contributed by atoms with Crippen LogP contribution in [0.2, 0.25) is 0 Å². The molecule has 1 aliphatic rings. The van der Waals surface area contributed by atoms with Gasteiger partial charge in [0.15, 0.2) is 23.1 Å². The maximum Gasteiger partial charge on any atom is 0.232 e. The molecule has 11 heteroatoms. The lowest BCUT2D eigenvalue weighted by molar-refractivity contribution is 0.0962. The Kier molecular flexibility index (Phi) is 7.89. The van der Waals surface area contributed by atoms with Crippen LogP contribution in [0.4, 0.5) is 10.1 Å². The summed E-state index contributed by atoms with van der Waals surface area (Å²) >= 11 is 0. The number of fused-ring (bicyclic) bond motifs is 1. The number of halogens is 1. The van der Waals surface area contributed by atoms with Gasteiger partial charge in [-0.3, -0.25) is 14.9 Å². The van der Waals surface area contributed by atoms with E-state index in [9.17, 15) is 18.3 Å². The van der Waals surface area contributed by atoms with Crippen LogP contribution in [0.1, 0.15) is 54.7 Å². The Balaban J connectivity index is 1.91. The molecule has 1 heterocycles. The molecular formula is C24H30FN3O6S. The number of sulfonamides is 1. The highest BCUT2D eigenvalue weighted by atomic mass is 32.2. The normalized spacial score (nSPS) is 13.1. The SMILES string of the molecule is CCOc1cc2c(c(F)c1OCC)C(=N)N(CC(=O)c1cc(CC)c(O)c(NS(=O)(=O)CC)c1)C2. The first-order chi connectivity index (χ1) is 16.6. The van der Waals surface area contributed by atoms with E-state index in [4.69, 9.17) is 14.9 Å². The van der Waals surface area contributed by atoms with Crippen molar-refractivity contribution in [2.24, 2.45) is 0 Å². The Morgan fingerprint density at radius 1 is 1.17 bits per heavy atom. The minimum atomic E-state index is -3.68. The summed E-state index contributed by atoms with van der Waals surface area (Å²) in [5.41, 5.74) is 1.05. The zero-order valence-corrected chi connectivity index (χ0v) is 21.0. The molecule has 3 N–H and O–H groups in total. The molecule has 0 bridgehead atoms. The fourth-order valence-electron chi connectivity index (χ4n) is 3.87. The maximum absolute atomic E-state index is 15.3. The Morgan fingerprint density at radius 3 is 2.46 bits per heavy atom. The third-order valence-corrected chi connectivity index (χ3v) is 6.93. The maximum atomic E-state index is 15.3. The van der Waals surface area contributed by atoms with E-state index >= 15 is 4.39 Å². The smallest absolute Gasteiger partial charge is 0.232 e. The van der Waals surface area contributed by atoms with Gasteiger partial charge in [0.25, 0.3) is 0 Å². The van der Waals surface area contributed by atoms with Gasteiger partial charge < -0.3 is 19.5 Å². The van der Waals surface area contributed by atoms with Gasteiger partial charge in [-0.1, -0.05) is 6.92 Å². The molecule has 0 aliphatic carbocycles. The van der Waals surface area contributed by atoms with E-state index in [1.54, 1.807) is 26.8 Å². The molecule has 35 heavy (non-hydrogen) atoms. The van der Waals surface area contributed by atoms with E-state index in [0.29, 0.717) is 24.2 Å². The molecule has 3 rings (SSSR count). The minimum Gasteiger partial charge on any atom is -0.505 e. The Labute approximate surface area is 204 Å². The third-order valence-electron chi connectivity index (χ3n) is 5.64. The van der Waals surface area contributed by atoms with Crippen molar-refractivity contribution in [2.45, 2.75) is 40.7 Å². The molecule has 0 unspecified atom stereocenters. The lowest BCUT2D eigenvalue weighted by Crippen LogP contribution is -2.30. The number of benzene rings is 2. The number of anilines is 1. The number of nitrogens with zero attached hydrogens (tertiary/aromatic N) is 1. The molecule has 9 nitrogen and oxygen atoms in total. The number of amidine groups is 1. The lowest BCUT2D eigenvalue weighted by atomic mass is 10.0. The van der Waals surface area contributed by atoms with Gasteiger partial charge in [-0.05, 0) is 56.5 Å². The summed E-state index contributed by atoms with van der Waals surface area (Å²) in [6.07, 6.45) is 0.365. The largest absolute Gasteiger partial charge is 0.505 e. The van der Waals surface area contributed by atoms with Crippen molar-refractivity contribution >= 4 is 27.3 Å². The second kappa shape index (κ2) is 10.5. The first-order valence-electron chi connectivity index (χ1n) is 11.4. The van der Waals surface area contributed by atoms with Crippen LogP contribution in [0.5, 0.6) is 17.2 Å². The number of phenols is 1. The Hall–Kier alpha value is -3.34. The van der Waals surface area contributed by atoms with Crippen molar-refractivity contribution in [1.29, 1.82) is 5.41 Å². The fraction of sp³-hybridized carbons (Fsp3) is 0.417. The quantitative estimate of drug-likeness (QED) is 0.313. The number of carbonyl (C=O) groups excluding carboxylic acids is 1. The minimum absolute atomic E-state index is 0.0565. The van der Waals surface area contributed by atoms with E-state index in [-0.39, 0.29) is 65.3 Å². The van der Waals surface area contributed by atoms with Crippen LogP contribution in [-0.2, 0) is 23.0 Å². The van der Waals surface area contributed by atoms with Crippen molar-refractivity contribution in [3.8, 4) is 17.2 Å². The topological polar surface area (TPSA) is 129 Å². The Morgan fingerprint density at radius 2 is 1.86 bits per heavy atom. The number of aromatic hydroxyl groups is 1. The summed E-state index contributed by atoms with van der Waals surface area (Å²) in [6, 6.07) is 4.40. The van der Waals surface area contributed by atoms with E-state index in [1.165, 1.54) is 24.0 Å². The zero-order valence-electron chi connectivity index (χ0n) is 20.2. The van der Waals surface area contributed by atoms with Gasteiger partial charge in [0, 0.05) is 12.1 Å². The highest BCUT2D eigenvalue weighted by Crippen LogP contribution is 2.39. The van der Waals surface area contributed by atoms with Crippen molar-refractivity contribution in [1.82, 2.24) is 4.90 Å². The highest BCUT2D eigenvalue weighted by molar-refractivity contribution is 7.92. The fourth-order valence-corrected chi connectivity index (χ4v) is 4.50. The van der Waals surface area contributed by atoms with Crippen LogP contribution >= 0.6 is 0 Å². The average Bonchev–Trinajstić information content (AvgIpc) is 3.12. The van der Waals surface area contributed by atoms with Crippen LogP contribution in [0, 0.1) is 11.2 Å². The third kappa shape index (κ3) is 5.34. The second-order valence-corrected chi connectivity index (χ2v) is 9.95. The number of ether oxygens (including phenoxy) is 2. The van der Waals surface area contributed by atoms with Gasteiger partial charge in [-0.2, -0.15) is 0 Å². The molecule has 190 valence electrons. The number of hydrogen-bond donors (Lipinski definition) is 3. The molecule has 0 saturated heterocycles. The van der Waals surface area contributed by atoms with E-state index < -0.39 is 21.6 Å².